The Balaban J connectivity index is 2.01. The van der Waals surface area contributed by atoms with Gasteiger partial charge in [-0.2, -0.15) is 4.98 Å². The van der Waals surface area contributed by atoms with Crippen LogP contribution in [0.5, 0.6) is 0 Å². The first-order valence-electron chi connectivity index (χ1n) is 7.91. The second kappa shape index (κ2) is 3.25. The number of rotatable bonds is 0. The van der Waals surface area contributed by atoms with E-state index in [0.29, 0.717) is 23.7 Å². The van der Waals surface area contributed by atoms with Crippen molar-refractivity contribution < 1.29 is 8.68 Å². The predicted octanol–water partition coefficient (Wildman–Crippen LogP) is 1.54. The Morgan fingerprint density at radius 2 is 2.35 bits per heavy atom. The van der Waals surface area contributed by atoms with Gasteiger partial charge in [-0.05, 0) is 18.2 Å². The van der Waals surface area contributed by atoms with Crippen molar-refractivity contribution in [3.63, 3.8) is 0 Å². The highest BCUT2D eigenvalue weighted by atomic mass is 15.3. The maximum absolute atomic E-state index is 8.02. The average Bonchev–Trinajstić information content (AvgIpc) is 3.13. The molecule has 0 unspecified atom stereocenters. The Morgan fingerprint density at radius 3 is 3.30 bits per heavy atom. The van der Waals surface area contributed by atoms with Crippen LogP contribution in [0, 0.1) is 0 Å². The molecule has 5 nitrogen and oxygen atoms in total. The number of fused-ring (bicyclic) bond motifs is 7. The van der Waals surface area contributed by atoms with E-state index in [2.05, 4.69) is 9.97 Å². The van der Waals surface area contributed by atoms with Gasteiger partial charge in [0.25, 0.3) is 11.3 Å². The van der Waals surface area contributed by atoms with E-state index in [-0.39, 0.29) is 0 Å². The smallest absolute Gasteiger partial charge is 0.264 e. The maximum atomic E-state index is 8.02. The summed E-state index contributed by atoms with van der Waals surface area (Å²) in [6.07, 6.45) is 5.29. The lowest BCUT2D eigenvalue weighted by Gasteiger charge is -1.96. The summed E-state index contributed by atoms with van der Waals surface area (Å²) in [5, 5.41) is 0. The second-order valence-electron chi connectivity index (χ2n) is 4.97. The van der Waals surface area contributed by atoms with Gasteiger partial charge in [0.15, 0.2) is 5.65 Å². The third kappa shape index (κ3) is 1.02. The van der Waals surface area contributed by atoms with Gasteiger partial charge in [-0.25, -0.2) is 13.5 Å². The largest absolute Gasteiger partial charge is 0.294 e. The molecule has 5 heterocycles. The van der Waals surface area contributed by atoms with Gasteiger partial charge in [0.2, 0.25) is 5.82 Å². The summed E-state index contributed by atoms with van der Waals surface area (Å²) in [7, 11) is 0. The molecule has 20 heavy (non-hydrogen) atoms. The van der Waals surface area contributed by atoms with Crippen molar-refractivity contribution in [3.05, 3.63) is 48.4 Å². The SMILES string of the molecule is [2H]C([2H])([2H])[n+]1c2n(c3nc4ccccn4c31)Cc1ccncc1-2. The molecule has 5 rings (SSSR count). The van der Waals surface area contributed by atoms with Crippen molar-refractivity contribution in [2.75, 3.05) is 0 Å². The van der Waals surface area contributed by atoms with E-state index in [4.69, 9.17) is 4.11 Å². The van der Waals surface area contributed by atoms with E-state index in [9.17, 15) is 0 Å². The van der Waals surface area contributed by atoms with Crippen molar-refractivity contribution in [3.8, 4) is 11.4 Å². The van der Waals surface area contributed by atoms with E-state index in [1.165, 1.54) is 4.57 Å². The van der Waals surface area contributed by atoms with Gasteiger partial charge < -0.3 is 0 Å². The minimum absolute atomic E-state index is 0.588. The Bertz CT molecular complexity index is 1090. The molecule has 0 atom stereocenters. The topological polar surface area (TPSA) is 39.0 Å². The standard InChI is InChI=1S/C15H12N5/c1-18-14-11-8-16-6-5-10(11)9-20(14)13-15(18)19-7-3-2-4-12(19)17-13/h2-8H,9H2,1H3/q+1/i1D3. The number of hydrogen-bond donors (Lipinski definition) is 0. The Hall–Kier alpha value is -2.69. The zero-order chi connectivity index (χ0) is 15.8. The molecule has 0 spiro atoms. The van der Waals surface area contributed by atoms with Gasteiger partial charge in [0.05, 0.1) is 29.4 Å². The predicted molar refractivity (Wildman–Crippen MR) is 74.2 cm³/mol. The highest BCUT2D eigenvalue weighted by Crippen LogP contribution is 2.32. The van der Waals surface area contributed by atoms with Crippen LogP contribution in [0.3, 0.4) is 0 Å². The molecule has 0 radical (unpaired) electrons. The van der Waals surface area contributed by atoms with Crippen LogP contribution in [0.25, 0.3) is 28.3 Å². The molecule has 0 fully saturated rings. The third-order valence-corrected chi connectivity index (χ3v) is 3.90. The normalized spacial score (nSPS) is 15.9. The Kier molecular flexibility index (Phi) is 1.27. The molecule has 0 amide bonds. The first-order chi connectivity index (χ1) is 11.1. The van der Waals surface area contributed by atoms with Gasteiger partial charge in [-0.1, -0.05) is 6.07 Å². The quantitative estimate of drug-likeness (QED) is 0.398. The van der Waals surface area contributed by atoms with Gasteiger partial charge in [-0.15, -0.1) is 0 Å². The van der Waals surface area contributed by atoms with Gasteiger partial charge in [0.1, 0.15) is 0 Å². The zero-order valence-corrected chi connectivity index (χ0v) is 10.5. The summed E-state index contributed by atoms with van der Waals surface area (Å²) >= 11 is 0. The average molecular weight is 265 g/mol. The van der Waals surface area contributed by atoms with Crippen molar-refractivity contribution in [1.82, 2.24) is 18.9 Å². The molecule has 0 saturated carbocycles. The van der Waals surface area contributed by atoms with Gasteiger partial charge in [0, 0.05) is 18.0 Å². The first kappa shape index (κ1) is 7.79. The number of nitrogens with zero attached hydrogens (tertiary/aromatic N) is 5. The van der Waals surface area contributed by atoms with Crippen LogP contribution in [-0.2, 0) is 13.5 Å². The molecule has 1 aliphatic heterocycles. The minimum atomic E-state index is -2.30. The summed E-state index contributed by atoms with van der Waals surface area (Å²) < 4.78 is 29.2. The molecule has 0 N–H and O–H groups in total. The van der Waals surface area contributed by atoms with Crippen molar-refractivity contribution in [1.29, 1.82) is 0 Å². The summed E-state index contributed by atoms with van der Waals surface area (Å²) in [4.78, 5) is 8.80. The molecule has 0 bridgehead atoms. The zero-order valence-electron chi connectivity index (χ0n) is 13.5. The summed E-state index contributed by atoms with van der Waals surface area (Å²) in [5.74, 6) is 0.642. The second-order valence-corrected chi connectivity index (χ2v) is 4.97. The number of pyridine rings is 2. The highest BCUT2D eigenvalue weighted by molar-refractivity contribution is 5.77. The third-order valence-electron chi connectivity index (χ3n) is 3.90. The van der Waals surface area contributed by atoms with Crippen molar-refractivity contribution >= 4 is 16.9 Å². The molecule has 5 heteroatoms. The molecule has 4 aromatic rings. The van der Waals surface area contributed by atoms with E-state index < -0.39 is 6.98 Å². The van der Waals surface area contributed by atoms with Crippen molar-refractivity contribution in [2.45, 2.75) is 6.54 Å². The number of aromatic nitrogens is 5. The number of imidazole rings is 2. The molecule has 96 valence electrons. The lowest BCUT2D eigenvalue weighted by atomic mass is 10.2. The fourth-order valence-electron chi connectivity index (χ4n) is 3.03. The summed E-state index contributed by atoms with van der Waals surface area (Å²) in [5.41, 5.74) is 3.92. The lowest BCUT2D eigenvalue weighted by Crippen LogP contribution is -2.30. The number of hydrogen-bond acceptors (Lipinski definition) is 2. The van der Waals surface area contributed by atoms with Crippen LogP contribution in [0.2, 0.25) is 0 Å². The minimum Gasteiger partial charge on any atom is -0.264 e. The molecule has 4 aromatic heterocycles. The maximum Gasteiger partial charge on any atom is 0.294 e. The summed E-state index contributed by atoms with van der Waals surface area (Å²) in [6, 6.07) is 7.56. The molecule has 1 aliphatic rings. The molecule has 0 aromatic carbocycles. The summed E-state index contributed by atoms with van der Waals surface area (Å²) in [6.45, 7) is -1.70. The molecular formula is C15H12N5+. The molecular weight excluding hydrogens is 250 g/mol. The Labute approximate surface area is 119 Å². The lowest BCUT2D eigenvalue weighted by molar-refractivity contribution is -0.636. The van der Waals surface area contributed by atoms with E-state index in [1.54, 1.807) is 12.4 Å². The molecule has 0 saturated heterocycles. The fraction of sp³-hybridized carbons (Fsp3) is 0.133. The van der Waals surface area contributed by atoms with Crippen LogP contribution < -0.4 is 4.57 Å². The first-order valence-corrected chi connectivity index (χ1v) is 6.41. The van der Waals surface area contributed by atoms with Crippen LogP contribution in [-0.4, -0.2) is 18.9 Å². The fourth-order valence-corrected chi connectivity index (χ4v) is 3.03. The van der Waals surface area contributed by atoms with Crippen LogP contribution in [0.4, 0.5) is 0 Å². The van der Waals surface area contributed by atoms with Gasteiger partial charge in [-0.3, -0.25) is 4.98 Å². The van der Waals surface area contributed by atoms with Gasteiger partial charge >= 0.3 is 0 Å². The highest BCUT2D eigenvalue weighted by Gasteiger charge is 2.33. The Morgan fingerprint density at radius 1 is 1.35 bits per heavy atom. The van der Waals surface area contributed by atoms with E-state index in [0.717, 1.165) is 16.8 Å². The van der Waals surface area contributed by atoms with Crippen LogP contribution in [0.1, 0.15) is 9.68 Å². The van der Waals surface area contributed by atoms with Crippen molar-refractivity contribution in [2.24, 2.45) is 6.98 Å². The monoisotopic (exact) mass is 265 g/mol. The van der Waals surface area contributed by atoms with E-state index in [1.807, 2.05) is 39.4 Å². The van der Waals surface area contributed by atoms with E-state index >= 15 is 0 Å². The van der Waals surface area contributed by atoms with Crippen LogP contribution >= 0.6 is 0 Å². The van der Waals surface area contributed by atoms with Crippen LogP contribution in [0.15, 0.2) is 42.9 Å². The molecule has 0 aliphatic carbocycles. The number of aryl methyl sites for hydroxylation is 1.